The molecule has 2 rings (SSSR count). The number of nitrogens with one attached hydrogen (secondary N) is 1. The smallest absolute Gasteiger partial charge is 0.253 e. The molecule has 0 aliphatic rings. The van der Waals surface area contributed by atoms with Gasteiger partial charge in [-0.3, -0.25) is 4.79 Å². The molecule has 0 aromatic heterocycles. The zero-order valence-corrected chi connectivity index (χ0v) is 15.7. The van der Waals surface area contributed by atoms with Crippen molar-refractivity contribution in [3.63, 3.8) is 0 Å². The number of ether oxygens (including phenoxy) is 2. The van der Waals surface area contributed by atoms with Crippen molar-refractivity contribution in [3.05, 3.63) is 66.7 Å². The third kappa shape index (κ3) is 5.97. The second-order valence-electron chi connectivity index (χ2n) is 5.32. The standard InChI is InChI=1S/C20H22N2O3S/c1-4-12-25-18-11-10-16(13-19(18)24-3)14-21-22-20(23)15(2)26-17-8-6-5-7-9-17/h4-11,13-15H,1,12H2,2-3H3,(H,22,23)/b21-14-/t15-/m1/s1. The van der Waals surface area contributed by atoms with E-state index in [-0.39, 0.29) is 11.2 Å². The van der Waals surface area contributed by atoms with E-state index in [9.17, 15) is 4.79 Å². The van der Waals surface area contributed by atoms with Gasteiger partial charge in [0, 0.05) is 4.90 Å². The van der Waals surface area contributed by atoms with E-state index in [2.05, 4.69) is 17.1 Å². The first-order valence-electron chi connectivity index (χ1n) is 8.10. The zero-order valence-electron chi connectivity index (χ0n) is 14.8. The summed E-state index contributed by atoms with van der Waals surface area (Å²) in [6.07, 6.45) is 3.23. The molecule has 1 atom stereocenters. The Morgan fingerprint density at radius 2 is 2.04 bits per heavy atom. The van der Waals surface area contributed by atoms with Crippen molar-refractivity contribution in [2.75, 3.05) is 13.7 Å². The molecule has 0 unspecified atom stereocenters. The highest BCUT2D eigenvalue weighted by Gasteiger charge is 2.13. The molecule has 0 radical (unpaired) electrons. The summed E-state index contributed by atoms with van der Waals surface area (Å²) in [7, 11) is 1.57. The van der Waals surface area contributed by atoms with Gasteiger partial charge in [0.2, 0.25) is 0 Å². The van der Waals surface area contributed by atoms with E-state index >= 15 is 0 Å². The fourth-order valence-electron chi connectivity index (χ4n) is 2.05. The Labute approximate surface area is 158 Å². The van der Waals surface area contributed by atoms with E-state index in [0.717, 1.165) is 10.5 Å². The zero-order chi connectivity index (χ0) is 18.8. The van der Waals surface area contributed by atoms with Crippen LogP contribution in [0.2, 0.25) is 0 Å². The number of amides is 1. The van der Waals surface area contributed by atoms with Crippen LogP contribution in [0.4, 0.5) is 0 Å². The Hall–Kier alpha value is -2.73. The van der Waals surface area contributed by atoms with E-state index in [1.54, 1.807) is 31.5 Å². The van der Waals surface area contributed by atoms with Crippen molar-refractivity contribution >= 4 is 23.9 Å². The van der Waals surface area contributed by atoms with Crippen molar-refractivity contribution in [2.24, 2.45) is 5.10 Å². The third-order valence-corrected chi connectivity index (χ3v) is 4.47. The van der Waals surface area contributed by atoms with Crippen LogP contribution in [0.15, 0.2) is 71.2 Å². The summed E-state index contributed by atoms with van der Waals surface area (Å²) < 4.78 is 10.8. The molecule has 0 spiro atoms. The fourth-order valence-corrected chi connectivity index (χ4v) is 2.93. The Bertz CT molecular complexity index is 763. The number of rotatable bonds is 9. The molecule has 0 heterocycles. The molecular formula is C20H22N2O3S. The number of hydrazone groups is 1. The van der Waals surface area contributed by atoms with Crippen molar-refractivity contribution in [2.45, 2.75) is 17.1 Å². The fraction of sp³-hybridized carbons (Fsp3) is 0.200. The van der Waals surface area contributed by atoms with Crippen LogP contribution < -0.4 is 14.9 Å². The molecule has 1 amide bonds. The number of thioether (sulfide) groups is 1. The van der Waals surface area contributed by atoms with Gasteiger partial charge >= 0.3 is 0 Å². The maximum atomic E-state index is 12.1. The minimum absolute atomic E-state index is 0.159. The Morgan fingerprint density at radius 3 is 2.73 bits per heavy atom. The van der Waals surface area contributed by atoms with Gasteiger partial charge in [-0.1, -0.05) is 30.9 Å². The van der Waals surface area contributed by atoms with Gasteiger partial charge in [0.25, 0.3) is 5.91 Å². The number of hydrogen-bond donors (Lipinski definition) is 1. The van der Waals surface area contributed by atoms with Crippen LogP contribution >= 0.6 is 11.8 Å². The van der Waals surface area contributed by atoms with Gasteiger partial charge in [-0.25, -0.2) is 5.43 Å². The molecule has 0 saturated carbocycles. The second kappa shape index (κ2) is 10.3. The number of carbonyl (C=O) groups excluding carboxylic acids is 1. The lowest BCUT2D eigenvalue weighted by molar-refractivity contribution is -0.120. The molecule has 2 aromatic rings. The number of methoxy groups -OCH3 is 1. The summed E-state index contributed by atoms with van der Waals surface area (Å²) in [5, 5.41) is 3.77. The van der Waals surface area contributed by atoms with Crippen LogP contribution in [0, 0.1) is 0 Å². The molecule has 2 aromatic carbocycles. The van der Waals surface area contributed by atoms with Gasteiger partial charge in [-0.05, 0) is 42.8 Å². The predicted molar refractivity (Wildman–Crippen MR) is 106 cm³/mol. The molecule has 5 nitrogen and oxygen atoms in total. The van der Waals surface area contributed by atoms with E-state index in [1.165, 1.54) is 11.8 Å². The van der Waals surface area contributed by atoms with Gasteiger partial charge in [0.05, 0.1) is 18.6 Å². The molecule has 1 N–H and O–H groups in total. The van der Waals surface area contributed by atoms with Crippen molar-refractivity contribution in [1.82, 2.24) is 5.43 Å². The second-order valence-corrected chi connectivity index (χ2v) is 6.73. The Balaban J connectivity index is 1.92. The number of hydrogen-bond acceptors (Lipinski definition) is 5. The van der Waals surface area contributed by atoms with Crippen LogP contribution in [0.25, 0.3) is 0 Å². The highest BCUT2D eigenvalue weighted by atomic mass is 32.2. The van der Waals surface area contributed by atoms with Crippen LogP contribution in [0.5, 0.6) is 11.5 Å². The Kier molecular flexibility index (Phi) is 7.76. The van der Waals surface area contributed by atoms with Crippen LogP contribution in [0.1, 0.15) is 12.5 Å². The first-order chi connectivity index (χ1) is 12.6. The van der Waals surface area contributed by atoms with Gasteiger partial charge in [0.15, 0.2) is 11.5 Å². The average Bonchev–Trinajstić information content (AvgIpc) is 2.67. The van der Waals surface area contributed by atoms with Crippen molar-refractivity contribution < 1.29 is 14.3 Å². The molecule has 0 aliphatic carbocycles. The van der Waals surface area contributed by atoms with Gasteiger partial charge in [-0.2, -0.15) is 5.10 Å². The minimum atomic E-state index is -0.251. The number of benzene rings is 2. The number of nitrogens with zero attached hydrogens (tertiary/aromatic N) is 1. The largest absolute Gasteiger partial charge is 0.493 e. The highest BCUT2D eigenvalue weighted by Crippen LogP contribution is 2.27. The monoisotopic (exact) mass is 370 g/mol. The van der Waals surface area contributed by atoms with Crippen molar-refractivity contribution in [3.8, 4) is 11.5 Å². The molecule has 0 aliphatic heterocycles. The van der Waals surface area contributed by atoms with Crippen LogP contribution in [0.3, 0.4) is 0 Å². The lowest BCUT2D eigenvalue weighted by atomic mass is 10.2. The topological polar surface area (TPSA) is 59.9 Å². The lowest BCUT2D eigenvalue weighted by Crippen LogP contribution is -2.26. The van der Waals surface area contributed by atoms with Crippen molar-refractivity contribution in [1.29, 1.82) is 0 Å². The maximum absolute atomic E-state index is 12.1. The van der Waals surface area contributed by atoms with Crippen LogP contribution in [-0.2, 0) is 4.79 Å². The lowest BCUT2D eigenvalue weighted by Gasteiger charge is -2.10. The molecule has 136 valence electrons. The molecule has 0 fully saturated rings. The third-order valence-electron chi connectivity index (χ3n) is 3.36. The highest BCUT2D eigenvalue weighted by molar-refractivity contribution is 8.00. The van der Waals surface area contributed by atoms with E-state index in [0.29, 0.717) is 18.1 Å². The molecule has 0 bridgehead atoms. The molecule has 0 saturated heterocycles. The Morgan fingerprint density at radius 1 is 1.27 bits per heavy atom. The van der Waals surface area contributed by atoms with Gasteiger partial charge in [0.1, 0.15) is 6.61 Å². The van der Waals surface area contributed by atoms with E-state index in [1.807, 2.05) is 43.3 Å². The molecule has 26 heavy (non-hydrogen) atoms. The summed E-state index contributed by atoms with van der Waals surface area (Å²) in [5.41, 5.74) is 3.35. The van der Waals surface area contributed by atoms with Crippen LogP contribution in [-0.4, -0.2) is 31.1 Å². The van der Waals surface area contributed by atoms with E-state index in [4.69, 9.17) is 9.47 Å². The minimum Gasteiger partial charge on any atom is -0.493 e. The van der Waals surface area contributed by atoms with E-state index < -0.39 is 0 Å². The first-order valence-corrected chi connectivity index (χ1v) is 8.98. The number of carbonyl (C=O) groups is 1. The quantitative estimate of drug-likeness (QED) is 0.315. The summed E-state index contributed by atoms with van der Waals surface area (Å²) >= 11 is 1.48. The van der Waals surface area contributed by atoms with Gasteiger partial charge in [-0.15, -0.1) is 11.8 Å². The summed E-state index contributed by atoms with van der Waals surface area (Å²) in [6, 6.07) is 15.2. The molecule has 6 heteroatoms. The normalized spacial score (nSPS) is 11.8. The summed E-state index contributed by atoms with van der Waals surface area (Å²) in [4.78, 5) is 13.2. The predicted octanol–water partition coefficient (Wildman–Crippen LogP) is 3.89. The maximum Gasteiger partial charge on any atom is 0.253 e. The molecular weight excluding hydrogens is 348 g/mol. The summed E-state index contributed by atoms with van der Waals surface area (Å²) in [5.74, 6) is 1.06. The first kappa shape index (κ1) is 19.6. The average molecular weight is 370 g/mol. The van der Waals surface area contributed by atoms with Gasteiger partial charge < -0.3 is 9.47 Å². The SMILES string of the molecule is C=CCOc1ccc(/C=N\NC(=O)[C@@H](C)Sc2ccccc2)cc1OC. The summed E-state index contributed by atoms with van der Waals surface area (Å²) in [6.45, 7) is 5.86.